The van der Waals surface area contributed by atoms with Gasteiger partial charge in [-0.05, 0) is 75.3 Å². The number of alkyl halides is 1. The molecule has 0 spiro atoms. The Morgan fingerprint density at radius 1 is 1.00 bits per heavy atom. The van der Waals surface area contributed by atoms with Gasteiger partial charge in [0.05, 0.1) is 4.16 Å². The van der Waals surface area contributed by atoms with Crippen LogP contribution in [0.3, 0.4) is 0 Å². The summed E-state index contributed by atoms with van der Waals surface area (Å²) in [7, 11) is 0. The fourth-order valence-electron chi connectivity index (χ4n) is 0.765. The number of hydrogen-bond acceptors (Lipinski definition) is 1. The summed E-state index contributed by atoms with van der Waals surface area (Å²) in [6, 6.07) is 2.01. The van der Waals surface area contributed by atoms with Gasteiger partial charge < -0.3 is 0 Å². The smallest absolute Gasteiger partial charge is 0.0831 e. The van der Waals surface area contributed by atoms with Crippen LogP contribution in [0.5, 0.6) is 0 Å². The number of rotatable bonds is 1. The standard InChI is InChI=1S/C7H3Br5S/c8-3-1-2(7(12)13)4(9)6(11)5(3)10/h1,7,13H. The summed E-state index contributed by atoms with van der Waals surface area (Å²) in [5.41, 5.74) is 1.07. The summed E-state index contributed by atoms with van der Waals surface area (Å²) < 4.78 is 3.98. The molecule has 1 rings (SSSR count). The molecule has 0 aromatic heterocycles. The lowest BCUT2D eigenvalue weighted by atomic mass is 10.2. The van der Waals surface area contributed by atoms with E-state index in [0.717, 1.165) is 23.5 Å². The van der Waals surface area contributed by atoms with Crippen LogP contribution in [0.25, 0.3) is 0 Å². The molecule has 0 bridgehead atoms. The van der Waals surface area contributed by atoms with Crippen LogP contribution in [0.2, 0.25) is 0 Å². The highest BCUT2D eigenvalue weighted by Gasteiger charge is 2.14. The minimum atomic E-state index is 0.0163. The summed E-state index contributed by atoms with van der Waals surface area (Å²) in [5.74, 6) is 0. The SMILES string of the molecule is SC(Br)c1cc(Br)c(Br)c(Br)c1Br. The maximum Gasteiger partial charge on any atom is 0.0831 e. The molecule has 0 saturated heterocycles. The van der Waals surface area contributed by atoms with E-state index >= 15 is 0 Å². The zero-order valence-electron chi connectivity index (χ0n) is 5.99. The zero-order valence-corrected chi connectivity index (χ0v) is 14.8. The molecule has 1 atom stereocenters. The van der Waals surface area contributed by atoms with E-state index in [1.165, 1.54) is 0 Å². The Morgan fingerprint density at radius 3 is 2.00 bits per heavy atom. The van der Waals surface area contributed by atoms with Crippen molar-refractivity contribution in [1.29, 1.82) is 0 Å². The van der Waals surface area contributed by atoms with E-state index in [-0.39, 0.29) is 4.16 Å². The average Bonchev–Trinajstić information content (AvgIpc) is 2.07. The van der Waals surface area contributed by atoms with Gasteiger partial charge in [0.1, 0.15) is 0 Å². The first-order chi connectivity index (χ1) is 5.95. The number of halogens is 5. The fraction of sp³-hybridized carbons (Fsp3) is 0.143. The monoisotopic (exact) mass is 514 g/mol. The van der Waals surface area contributed by atoms with Gasteiger partial charge in [0, 0.05) is 17.9 Å². The summed E-state index contributed by atoms with van der Waals surface area (Å²) in [5, 5.41) is 0. The Bertz CT molecular complexity index is 336. The third-order valence-corrected chi connectivity index (χ3v) is 6.85. The second kappa shape index (κ2) is 5.34. The van der Waals surface area contributed by atoms with Crippen LogP contribution < -0.4 is 0 Å². The molecule has 13 heavy (non-hydrogen) atoms. The summed E-state index contributed by atoms with van der Waals surface area (Å²) in [6.07, 6.45) is 0. The normalized spacial score (nSPS) is 13.1. The molecule has 0 aliphatic carbocycles. The van der Waals surface area contributed by atoms with E-state index in [9.17, 15) is 0 Å². The molecule has 0 saturated carbocycles. The maximum atomic E-state index is 4.32. The summed E-state index contributed by atoms with van der Waals surface area (Å²) in [4.78, 5) is 0. The van der Waals surface area contributed by atoms with Crippen LogP contribution in [0, 0.1) is 0 Å². The molecule has 0 aliphatic rings. The highest BCUT2D eigenvalue weighted by Crippen LogP contribution is 2.43. The first kappa shape index (κ1) is 13.0. The molecule has 0 radical (unpaired) electrons. The third-order valence-electron chi connectivity index (χ3n) is 1.39. The van der Waals surface area contributed by atoms with E-state index in [2.05, 4.69) is 92.3 Å². The number of hydrogen-bond donors (Lipinski definition) is 1. The van der Waals surface area contributed by atoms with Gasteiger partial charge in [-0.15, -0.1) is 0 Å². The third kappa shape index (κ3) is 2.97. The van der Waals surface area contributed by atoms with Crippen LogP contribution in [0.15, 0.2) is 24.0 Å². The van der Waals surface area contributed by atoms with Gasteiger partial charge in [-0.2, -0.15) is 12.6 Å². The van der Waals surface area contributed by atoms with Crippen molar-refractivity contribution in [3.05, 3.63) is 29.5 Å². The topological polar surface area (TPSA) is 0 Å². The Labute approximate surface area is 124 Å². The second-order valence-corrected chi connectivity index (χ2v) is 7.60. The lowest BCUT2D eigenvalue weighted by molar-refractivity contribution is 1.33. The van der Waals surface area contributed by atoms with Crippen molar-refractivity contribution in [2.24, 2.45) is 0 Å². The molecule has 0 amide bonds. The van der Waals surface area contributed by atoms with Crippen LogP contribution in [-0.4, -0.2) is 0 Å². The van der Waals surface area contributed by atoms with Crippen molar-refractivity contribution < 1.29 is 0 Å². The largest absolute Gasteiger partial charge is 0.159 e. The lowest BCUT2D eigenvalue weighted by Crippen LogP contribution is -1.87. The molecule has 0 fully saturated rings. The molecule has 6 heteroatoms. The molecule has 0 N–H and O–H groups in total. The molecule has 0 aliphatic heterocycles. The van der Waals surface area contributed by atoms with E-state index in [4.69, 9.17) is 0 Å². The van der Waals surface area contributed by atoms with Gasteiger partial charge in [0.15, 0.2) is 0 Å². The Morgan fingerprint density at radius 2 is 1.54 bits per heavy atom. The molecular weight excluding hydrogens is 516 g/mol. The van der Waals surface area contributed by atoms with Crippen molar-refractivity contribution in [1.82, 2.24) is 0 Å². The predicted octanol–water partition coefficient (Wildman–Crippen LogP) is 6.06. The summed E-state index contributed by atoms with van der Waals surface area (Å²) in [6.45, 7) is 0. The Balaban J connectivity index is 3.41. The van der Waals surface area contributed by atoms with Gasteiger partial charge in [-0.3, -0.25) is 0 Å². The lowest BCUT2D eigenvalue weighted by Gasteiger charge is -2.11. The minimum Gasteiger partial charge on any atom is -0.159 e. The van der Waals surface area contributed by atoms with E-state index in [0.29, 0.717) is 0 Å². The van der Waals surface area contributed by atoms with Gasteiger partial charge in [0.2, 0.25) is 0 Å². The quantitative estimate of drug-likeness (QED) is 0.199. The van der Waals surface area contributed by atoms with Crippen molar-refractivity contribution in [2.75, 3.05) is 0 Å². The first-order valence-corrected chi connectivity index (χ1v) is 7.70. The Kier molecular flexibility index (Phi) is 5.36. The molecule has 1 unspecified atom stereocenters. The summed E-state index contributed by atoms with van der Waals surface area (Å²) >= 11 is 21.6. The zero-order chi connectivity index (χ0) is 10.2. The van der Waals surface area contributed by atoms with Gasteiger partial charge in [-0.1, -0.05) is 15.9 Å². The number of benzene rings is 1. The van der Waals surface area contributed by atoms with Crippen molar-refractivity contribution in [2.45, 2.75) is 4.16 Å². The van der Waals surface area contributed by atoms with Crippen LogP contribution in [0.1, 0.15) is 9.72 Å². The Hall–Kier alpha value is 1.97. The van der Waals surface area contributed by atoms with Gasteiger partial charge >= 0.3 is 0 Å². The predicted molar refractivity (Wildman–Crippen MR) is 77.9 cm³/mol. The van der Waals surface area contributed by atoms with Crippen molar-refractivity contribution in [3.63, 3.8) is 0 Å². The highest BCUT2D eigenvalue weighted by molar-refractivity contribution is 9.15. The highest BCUT2D eigenvalue weighted by atomic mass is 79.9. The van der Waals surface area contributed by atoms with E-state index in [1.54, 1.807) is 0 Å². The number of thiol groups is 1. The van der Waals surface area contributed by atoms with Crippen LogP contribution in [0.4, 0.5) is 0 Å². The van der Waals surface area contributed by atoms with Crippen molar-refractivity contribution >= 4 is 92.3 Å². The first-order valence-electron chi connectivity index (χ1n) is 3.10. The van der Waals surface area contributed by atoms with Crippen LogP contribution >= 0.6 is 92.3 Å². The van der Waals surface area contributed by atoms with Crippen molar-refractivity contribution in [3.8, 4) is 0 Å². The molecule has 0 nitrogen and oxygen atoms in total. The van der Waals surface area contributed by atoms with Gasteiger partial charge in [-0.25, -0.2) is 0 Å². The molecule has 0 heterocycles. The molecule has 1 aromatic carbocycles. The minimum absolute atomic E-state index is 0.0163. The maximum absolute atomic E-state index is 4.32. The second-order valence-electron chi connectivity index (χ2n) is 2.23. The van der Waals surface area contributed by atoms with E-state index in [1.807, 2.05) is 6.07 Å². The van der Waals surface area contributed by atoms with Crippen LogP contribution in [-0.2, 0) is 0 Å². The van der Waals surface area contributed by atoms with E-state index < -0.39 is 0 Å². The molecular formula is C7H3Br5S. The molecule has 72 valence electrons. The fourth-order valence-corrected chi connectivity index (χ4v) is 4.09. The average molecular weight is 519 g/mol. The van der Waals surface area contributed by atoms with Gasteiger partial charge in [0.25, 0.3) is 0 Å². The molecule has 1 aromatic rings.